The van der Waals surface area contributed by atoms with E-state index in [1.807, 2.05) is 24.3 Å². The van der Waals surface area contributed by atoms with Crippen LogP contribution in [0, 0.1) is 0 Å². The Morgan fingerprint density at radius 1 is 0.833 bits per heavy atom. The molecule has 1 aromatic heterocycles. The second kappa shape index (κ2) is 15.5. The summed E-state index contributed by atoms with van der Waals surface area (Å²) in [6.45, 7) is 6.08. The minimum atomic E-state index is -0.507. The first-order chi connectivity index (χ1) is 23.6. The van der Waals surface area contributed by atoms with Crippen LogP contribution >= 0.6 is 0 Å². The second-order valence-electron chi connectivity index (χ2n) is 13.4. The van der Waals surface area contributed by atoms with Gasteiger partial charge in [-0.15, -0.1) is 0 Å². The summed E-state index contributed by atoms with van der Waals surface area (Å²) in [4.78, 5) is 21.9. The molecule has 0 unspecified atom stereocenters. The van der Waals surface area contributed by atoms with Gasteiger partial charge in [-0.05, 0) is 97.4 Å². The molecular formula is C40H46N4O4. The van der Waals surface area contributed by atoms with Crippen molar-refractivity contribution in [3.63, 3.8) is 0 Å². The number of likely N-dealkylation sites (tertiary alicyclic amines) is 2. The van der Waals surface area contributed by atoms with E-state index in [9.17, 15) is 9.90 Å². The number of amides is 1. The molecule has 3 fully saturated rings. The molecule has 7 rings (SSSR count). The van der Waals surface area contributed by atoms with Crippen LogP contribution in [0.2, 0.25) is 0 Å². The first-order valence-corrected chi connectivity index (χ1v) is 17.5. The molecule has 2 N–H and O–H groups in total. The summed E-state index contributed by atoms with van der Waals surface area (Å²) in [5, 5.41) is 12.6. The van der Waals surface area contributed by atoms with Gasteiger partial charge in [0.2, 0.25) is 0 Å². The number of aliphatic hydroxyl groups excluding tert-OH is 1. The second-order valence-corrected chi connectivity index (χ2v) is 13.4. The van der Waals surface area contributed by atoms with Crippen LogP contribution in [0.1, 0.15) is 77.1 Å². The van der Waals surface area contributed by atoms with Crippen molar-refractivity contribution in [1.29, 1.82) is 0 Å². The van der Waals surface area contributed by atoms with Crippen LogP contribution in [0.15, 0.2) is 97.3 Å². The molecule has 48 heavy (non-hydrogen) atoms. The van der Waals surface area contributed by atoms with E-state index in [0.717, 1.165) is 59.4 Å². The Balaban J connectivity index is 1.08. The van der Waals surface area contributed by atoms with E-state index in [0.29, 0.717) is 18.2 Å². The number of carbonyl (C=O) groups excluding carboxylic acids is 1. The lowest BCUT2D eigenvalue weighted by Gasteiger charge is -2.39. The predicted octanol–water partition coefficient (Wildman–Crippen LogP) is 6.28. The van der Waals surface area contributed by atoms with Crippen LogP contribution in [0.4, 0.5) is 0 Å². The van der Waals surface area contributed by atoms with Crippen molar-refractivity contribution < 1.29 is 19.4 Å². The minimum absolute atomic E-state index is 0.0262. The zero-order valence-electron chi connectivity index (χ0n) is 27.5. The van der Waals surface area contributed by atoms with E-state index >= 15 is 0 Å². The third-order valence-corrected chi connectivity index (χ3v) is 10.0. The zero-order chi connectivity index (χ0) is 32.7. The fraction of sp³-hybridized carbons (Fsp3) is 0.400. The number of ether oxygens (including phenoxy) is 2. The summed E-state index contributed by atoms with van der Waals surface area (Å²) in [6.07, 6.45) is 8.56. The maximum Gasteiger partial charge on any atom is 0.253 e. The van der Waals surface area contributed by atoms with E-state index in [1.54, 1.807) is 24.5 Å². The number of benzene rings is 3. The van der Waals surface area contributed by atoms with E-state index in [1.165, 1.54) is 38.8 Å². The van der Waals surface area contributed by atoms with E-state index in [-0.39, 0.29) is 24.7 Å². The Bertz CT molecular complexity index is 1640. The lowest BCUT2D eigenvalue weighted by Crippen LogP contribution is -2.45. The molecule has 4 aromatic rings. The quantitative estimate of drug-likeness (QED) is 0.199. The van der Waals surface area contributed by atoms with Gasteiger partial charge in [-0.1, -0.05) is 60.7 Å². The van der Waals surface area contributed by atoms with Crippen molar-refractivity contribution in [3.8, 4) is 11.1 Å². The first-order valence-electron chi connectivity index (χ1n) is 17.5. The maximum absolute atomic E-state index is 12.6. The summed E-state index contributed by atoms with van der Waals surface area (Å²) in [5.41, 5.74) is 6.68. The SMILES string of the molecule is O=C(NCc1cccc(-c2cccc([C@H]3O[C@@H](CN4CCC[C@H]4CN4CCCC4)C[C@@H](c4ccc(CO)cc4)O3)c2)c1)c1cccnc1. The lowest BCUT2D eigenvalue weighted by molar-refractivity contribution is -0.253. The van der Waals surface area contributed by atoms with Gasteiger partial charge in [0.25, 0.3) is 5.91 Å². The fourth-order valence-corrected chi connectivity index (χ4v) is 7.41. The minimum Gasteiger partial charge on any atom is -0.392 e. The average molecular weight is 647 g/mol. The van der Waals surface area contributed by atoms with Crippen molar-refractivity contribution in [2.75, 3.05) is 32.7 Å². The van der Waals surface area contributed by atoms with Crippen molar-refractivity contribution in [3.05, 3.63) is 125 Å². The molecule has 8 nitrogen and oxygen atoms in total. The number of aromatic nitrogens is 1. The topological polar surface area (TPSA) is 87.2 Å². The third kappa shape index (κ3) is 8.02. The van der Waals surface area contributed by atoms with Gasteiger partial charge in [-0.3, -0.25) is 14.7 Å². The van der Waals surface area contributed by atoms with Gasteiger partial charge in [-0.2, -0.15) is 0 Å². The third-order valence-electron chi connectivity index (χ3n) is 10.0. The number of aliphatic hydroxyl groups is 1. The summed E-state index contributed by atoms with van der Waals surface area (Å²) in [6, 6.07) is 28.9. The Kier molecular flexibility index (Phi) is 10.6. The lowest BCUT2D eigenvalue weighted by atomic mass is 9.98. The Hall–Kier alpha value is -3.92. The molecule has 0 saturated carbocycles. The molecule has 3 aromatic carbocycles. The van der Waals surface area contributed by atoms with Gasteiger partial charge < -0.3 is 24.8 Å². The summed E-state index contributed by atoms with van der Waals surface area (Å²) < 4.78 is 13.5. The number of hydrogen-bond donors (Lipinski definition) is 2. The first kappa shape index (κ1) is 32.6. The molecule has 4 heterocycles. The standard InChI is InChI=1S/C40H46N4O4/c45-28-29-13-15-31(16-14-29)38-23-37(27-44-20-6-12-36(44)26-43-18-1-2-19-43)47-40(48-38)34-10-4-9-33(22-34)32-8-3-7-30(21-32)24-42-39(46)35-11-5-17-41-25-35/h3-5,7-11,13-17,21-22,25,36-38,40,45H,1-2,6,12,18-20,23-24,26-28H2,(H,42,46)/t36-,37+,38-,40-/m0/s1. The summed E-state index contributed by atoms with van der Waals surface area (Å²) in [7, 11) is 0. The van der Waals surface area contributed by atoms with Crippen LogP contribution in [0.3, 0.4) is 0 Å². The van der Waals surface area contributed by atoms with Gasteiger partial charge in [0.1, 0.15) is 0 Å². The Morgan fingerprint density at radius 3 is 2.44 bits per heavy atom. The van der Waals surface area contributed by atoms with Crippen LogP contribution < -0.4 is 5.32 Å². The van der Waals surface area contributed by atoms with Crippen LogP contribution in [0.5, 0.6) is 0 Å². The van der Waals surface area contributed by atoms with Crippen LogP contribution in [-0.2, 0) is 22.6 Å². The molecule has 8 heteroatoms. The van der Waals surface area contributed by atoms with Crippen molar-refractivity contribution in [1.82, 2.24) is 20.1 Å². The van der Waals surface area contributed by atoms with Crippen molar-refractivity contribution in [2.45, 2.75) is 69.8 Å². The molecule has 0 spiro atoms. The van der Waals surface area contributed by atoms with E-state index in [4.69, 9.17) is 9.47 Å². The average Bonchev–Trinajstić information content (AvgIpc) is 3.83. The zero-order valence-corrected chi connectivity index (χ0v) is 27.5. The van der Waals surface area contributed by atoms with Gasteiger partial charge in [-0.25, -0.2) is 0 Å². The molecule has 3 saturated heterocycles. The normalized spacial score (nSPS) is 23.4. The highest BCUT2D eigenvalue weighted by Gasteiger charge is 2.36. The molecular weight excluding hydrogens is 600 g/mol. The molecule has 1 amide bonds. The summed E-state index contributed by atoms with van der Waals surface area (Å²) >= 11 is 0. The molecule has 0 aliphatic carbocycles. The number of pyridine rings is 1. The van der Waals surface area contributed by atoms with Gasteiger partial charge >= 0.3 is 0 Å². The molecule has 250 valence electrons. The maximum atomic E-state index is 12.6. The smallest absolute Gasteiger partial charge is 0.253 e. The highest BCUT2D eigenvalue weighted by atomic mass is 16.7. The molecule has 0 radical (unpaired) electrons. The van der Waals surface area contributed by atoms with Gasteiger partial charge in [0, 0.05) is 50.1 Å². The fourth-order valence-electron chi connectivity index (χ4n) is 7.41. The molecule has 4 atom stereocenters. The molecule has 3 aliphatic rings. The number of hydrogen-bond acceptors (Lipinski definition) is 7. The highest BCUT2D eigenvalue weighted by Crippen LogP contribution is 2.39. The van der Waals surface area contributed by atoms with E-state index in [2.05, 4.69) is 68.6 Å². The molecule has 3 aliphatic heterocycles. The van der Waals surface area contributed by atoms with Crippen LogP contribution in [-0.4, -0.2) is 70.7 Å². The Labute approximate surface area is 283 Å². The molecule has 0 bridgehead atoms. The Morgan fingerprint density at radius 2 is 1.65 bits per heavy atom. The van der Waals surface area contributed by atoms with E-state index < -0.39 is 6.29 Å². The number of carbonyl (C=O) groups is 1. The number of nitrogens with zero attached hydrogens (tertiary/aromatic N) is 3. The predicted molar refractivity (Wildman–Crippen MR) is 186 cm³/mol. The van der Waals surface area contributed by atoms with Gasteiger partial charge in [0.05, 0.1) is 24.4 Å². The highest BCUT2D eigenvalue weighted by molar-refractivity contribution is 5.93. The van der Waals surface area contributed by atoms with Gasteiger partial charge in [0.15, 0.2) is 6.29 Å². The van der Waals surface area contributed by atoms with Crippen molar-refractivity contribution in [2.24, 2.45) is 0 Å². The van der Waals surface area contributed by atoms with Crippen LogP contribution in [0.25, 0.3) is 11.1 Å². The summed E-state index contributed by atoms with van der Waals surface area (Å²) in [5.74, 6) is -0.145. The monoisotopic (exact) mass is 646 g/mol. The largest absolute Gasteiger partial charge is 0.392 e. The number of nitrogens with one attached hydrogen (secondary N) is 1. The number of rotatable bonds is 11. The van der Waals surface area contributed by atoms with Crippen molar-refractivity contribution >= 4 is 5.91 Å².